The molecule has 1 aromatic heterocycles. The third kappa shape index (κ3) is 3.33. The van der Waals surface area contributed by atoms with E-state index in [9.17, 15) is 13.2 Å². The Balaban J connectivity index is 2.28. The van der Waals surface area contributed by atoms with Crippen LogP contribution in [0.5, 0.6) is 0 Å². The lowest BCUT2D eigenvalue weighted by molar-refractivity contribution is -0.137. The summed E-state index contributed by atoms with van der Waals surface area (Å²) < 4.78 is 38.3. The van der Waals surface area contributed by atoms with Crippen LogP contribution in [0.3, 0.4) is 0 Å². The fourth-order valence-electron chi connectivity index (χ4n) is 2.01. The van der Waals surface area contributed by atoms with Crippen LogP contribution in [0, 0.1) is 6.92 Å². The molecular weight excluding hydrogens is 283 g/mol. The molecule has 1 nitrogen and oxygen atoms in total. The first-order chi connectivity index (χ1) is 9.41. The summed E-state index contributed by atoms with van der Waals surface area (Å²) in [6.07, 6.45) is -3.50. The van der Waals surface area contributed by atoms with E-state index in [-0.39, 0.29) is 6.04 Å². The number of hydrogen-bond donors (Lipinski definition) is 1. The van der Waals surface area contributed by atoms with E-state index in [0.29, 0.717) is 5.69 Å². The molecule has 0 aliphatic rings. The highest BCUT2D eigenvalue weighted by Gasteiger charge is 2.31. The van der Waals surface area contributed by atoms with E-state index in [1.54, 1.807) is 11.3 Å². The van der Waals surface area contributed by atoms with Crippen LogP contribution < -0.4 is 5.32 Å². The summed E-state index contributed by atoms with van der Waals surface area (Å²) in [6.45, 7) is 3.82. The zero-order valence-corrected chi connectivity index (χ0v) is 12.1. The molecular formula is C15H16F3NS. The van der Waals surface area contributed by atoms with E-state index < -0.39 is 11.7 Å². The van der Waals surface area contributed by atoms with Crippen molar-refractivity contribution in [3.05, 3.63) is 51.7 Å². The highest BCUT2D eigenvalue weighted by Crippen LogP contribution is 2.34. The second kappa shape index (κ2) is 5.87. The number of nitrogens with one attached hydrogen (secondary N) is 1. The molecule has 5 heteroatoms. The molecule has 108 valence electrons. The Bertz CT molecular complexity index is 561. The second-order valence-electron chi connectivity index (χ2n) is 4.65. The lowest BCUT2D eigenvalue weighted by Crippen LogP contribution is -2.11. The summed E-state index contributed by atoms with van der Waals surface area (Å²) in [5, 5.41) is 5.19. The standard InChI is InChI=1S/C15H16F3NS/c1-3-12(14-5-4-8-20-14)19-13-9-11(15(16,17)18)7-6-10(13)2/h4-9,12,19H,3H2,1-2H3. The van der Waals surface area contributed by atoms with Crippen LogP contribution in [-0.4, -0.2) is 0 Å². The first kappa shape index (κ1) is 14.9. The highest BCUT2D eigenvalue weighted by atomic mass is 32.1. The topological polar surface area (TPSA) is 12.0 Å². The Morgan fingerprint density at radius 2 is 2.00 bits per heavy atom. The third-order valence-electron chi connectivity index (χ3n) is 3.19. The van der Waals surface area contributed by atoms with Gasteiger partial charge >= 0.3 is 6.18 Å². The number of anilines is 1. The predicted molar refractivity (Wildman–Crippen MR) is 77.2 cm³/mol. The number of hydrogen-bond acceptors (Lipinski definition) is 2. The van der Waals surface area contributed by atoms with Gasteiger partial charge in [0.1, 0.15) is 0 Å². The molecule has 1 N–H and O–H groups in total. The van der Waals surface area contributed by atoms with Gasteiger partial charge in [-0.2, -0.15) is 13.2 Å². The Labute approximate surface area is 120 Å². The van der Waals surface area contributed by atoms with Gasteiger partial charge < -0.3 is 5.32 Å². The van der Waals surface area contributed by atoms with Crippen LogP contribution in [0.2, 0.25) is 0 Å². The maximum atomic E-state index is 12.8. The molecule has 0 amide bonds. The predicted octanol–water partition coefficient (Wildman–Crippen LogP) is 5.64. The van der Waals surface area contributed by atoms with E-state index in [2.05, 4.69) is 5.32 Å². The average molecular weight is 299 g/mol. The molecule has 2 rings (SSSR count). The molecule has 0 fully saturated rings. The van der Waals surface area contributed by atoms with E-state index in [1.807, 2.05) is 31.4 Å². The Morgan fingerprint density at radius 3 is 2.55 bits per heavy atom. The van der Waals surface area contributed by atoms with Crippen molar-refractivity contribution in [2.24, 2.45) is 0 Å². The Kier molecular flexibility index (Phi) is 4.38. The molecule has 1 heterocycles. The summed E-state index contributed by atoms with van der Waals surface area (Å²) in [5.41, 5.74) is 0.736. The molecule has 0 spiro atoms. The van der Waals surface area contributed by atoms with Crippen molar-refractivity contribution in [1.82, 2.24) is 0 Å². The van der Waals surface area contributed by atoms with Crippen LogP contribution in [0.25, 0.3) is 0 Å². The summed E-state index contributed by atoms with van der Waals surface area (Å²) in [6, 6.07) is 7.79. The molecule has 0 aliphatic carbocycles. The monoisotopic (exact) mass is 299 g/mol. The zero-order valence-electron chi connectivity index (χ0n) is 11.3. The minimum Gasteiger partial charge on any atom is -0.377 e. The van der Waals surface area contributed by atoms with Crippen molar-refractivity contribution in [3.63, 3.8) is 0 Å². The summed E-state index contributed by atoms with van der Waals surface area (Å²) in [5.74, 6) is 0. The third-order valence-corrected chi connectivity index (χ3v) is 4.18. The highest BCUT2D eigenvalue weighted by molar-refractivity contribution is 7.10. The molecule has 0 saturated carbocycles. The molecule has 0 bridgehead atoms. The van der Waals surface area contributed by atoms with Crippen LogP contribution >= 0.6 is 11.3 Å². The van der Waals surface area contributed by atoms with Crippen LogP contribution in [0.4, 0.5) is 18.9 Å². The van der Waals surface area contributed by atoms with Gasteiger partial charge in [0.2, 0.25) is 0 Å². The van der Waals surface area contributed by atoms with Gasteiger partial charge in [0, 0.05) is 10.6 Å². The van der Waals surface area contributed by atoms with Gasteiger partial charge in [-0.15, -0.1) is 11.3 Å². The van der Waals surface area contributed by atoms with Crippen LogP contribution in [0.1, 0.15) is 35.4 Å². The van der Waals surface area contributed by atoms with Gasteiger partial charge in [0.25, 0.3) is 0 Å². The zero-order chi connectivity index (χ0) is 14.8. The first-order valence-electron chi connectivity index (χ1n) is 6.39. The van der Waals surface area contributed by atoms with Gasteiger partial charge in [-0.1, -0.05) is 19.1 Å². The SMILES string of the molecule is CCC(Nc1cc(C(F)(F)F)ccc1C)c1cccs1. The molecule has 0 radical (unpaired) electrons. The minimum absolute atomic E-state index is 0.0391. The van der Waals surface area contributed by atoms with E-state index in [1.165, 1.54) is 12.1 Å². The second-order valence-corrected chi connectivity index (χ2v) is 5.63. The van der Waals surface area contributed by atoms with Gasteiger partial charge in [-0.25, -0.2) is 0 Å². The fraction of sp³-hybridized carbons (Fsp3) is 0.333. The molecule has 0 aliphatic heterocycles. The van der Waals surface area contributed by atoms with Gasteiger partial charge in [0.15, 0.2) is 0 Å². The Morgan fingerprint density at radius 1 is 1.25 bits per heavy atom. The quantitative estimate of drug-likeness (QED) is 0.770. The number of benzene rings is 1. The fourth-order valence-corrected chi connectivity index (χ4v) is 2.87. The number of aryl methyl sites for hydroxylation is 1. The summed E-state index contributed by atoms with van der Waals surface area (Å²) in [7, 11) is 0. The molecule has 0 saturated heterocycles. The van der Waals surface area contributed by atoms with Gasteiger partial charge in [-0.05, 0) is 42.5 Å². The first-order valence-corrected chi connectivity index (χ1v) is 7.27. The van der Waals surface area contributed by atoms with Crippen molar-refractivity contribution < 1.29 is 13.2 Å². The summed E-state index contributed by atoms with van der Waals surface area (Å²) in [4.78, 5) is 1.13. The average Bonchev–Trinajstić information content (AvgIpc) is 2.90. The smallest absolute Gasteiger partial charge is 0.377 e. The number of alkyl halides is 3. The molecule has 2 aromatic rings. The Hall–Kier alpha value is -1.49. The number of halogens is 3. The van der Waals surface area contributed by atoms with Crippen molar-refractivity contribution in [1.29, 1.82) is 0 Å². The van der Waals surface area contributed by atoms with E-state index in [0.717, 1.165) is 22.9 Å². The van der Waals surface area contributed by atoms with Crippen molar-refractivity contribution in [2.75, 3.05) is 5.32 Å². The van der Waals surface area contributed by atoms with Crippen LogP contribution in [-0.2, 0) is 6.18 Å². The summed E-state index contributed by atoms with van der Waals surface area (Å²) >= 11 is 1.61. The van der Waals surface area contributed by atoms with Crippen LogP contribution in [0.15, 0.2) is 35.7 Å². The van der Waals surface area contributed by atoms with Gasteiger partial charge in [0.05, 0.1) is 11.6 Å². The van der Waals surface area contributed by atoms with Crippen molar-refractivity contribution in [3.8, 4) is 0 Å². The molecule has 1 atom stereocenters. The van der Waals surface area contributed by atoms with E-state index >= 15 is 0 Å². The lowest BCUT2D eigenvalue weighted by Gasteiger charge is -2.20. The van der Waals surface area contributed by atoms with Gasteiger partial charge in [-0.3, -0.25) is 0 Å². The maximum absolute atomic E-state index is 12.8. The minimum atomic E-state index is -4.31. The molecule has 20 heavy (non-hydrogen) atoms. The largest absolute Gasteiger partial charge is 0.416 e. The van der Waals surface area contributed by atoms with E-state index in [4.69, 9.17) is 0 Å². The number of rotatable bonds is 4. The van der Waals surface area contributed by atoms with Crippen molar-refractivity contribution >= 4 is 17.0 Å². The number of thiophene rings is 1. The lowest BCUT2D eigenvalue weighted by atomic mass is 10.1. The van der Waals surface area contributed by atoms with Crippen molar-refractivity contribution in [2.45, 2.75) is 32.5 Å². The molecule has 1 unspecified atom stereocenters. The normalized spacial score (nSPS) is 13.2. The maximum Gasteiger partial charge on any atom is 0.416 e. The molecule has 1 aromatic carbocycles.